The Morgan fingerprint density at radius 2 is 1.60 bits per heavy atom. The molecule has 156 valence electrons. The van der Waals surface area contributed by atoms with Gasteiger partial charge in [-0.1, -0.05) is 18.2 Å². The molecule has 0 unspecified atom stereocenters. The minimum Gasteiger partial charge on any atom is -0.486 e. The smallest absolute Gasteiger partial charge is 0.210 e. The van der Waals surface area contributed by atoms with Gasteiger partial charge in [0.2, 0.25) is 9.84 Å². The van der Waals surface area contributed by atoms with E-state index in [0.29, 0.717) is 35.9 Å². The van der Waals surface area contributed by atoms with Crippen molar-refractivity contribution in [1.82, 2.24) is 9.88 Å². The predicted molar refractivity (Wildman–Crippen MR) is 114 cm³/mol. The molecular formula is C22H23N3O4S. The van der Waals surface area contributed by atoms with Gasteiger partial charge in [-0.05, 0) is 25.2 Å². The number of aromatic nitrogens is 1. The number of sulfone groups is 1. The number of anilines is 1. The highest BCUT2D eigenvalue weighted by atomic mass is 32.2. The second kappa shape index (κ2) is 7.45. The summed E-state index contributed by atoms with van der Waals surface area (Å²) in [7, 11) is -1.66. The van der Waals surface area contributed by atoms with E-state index in [1.54, 1.807) is 24.3 Å². The zero-order valence-corrected chi connectivity index (χ0v) is 17.6. The quantitative estimate of drug-likeness (QED) is 0.639. The molecule has 7 nitrogen and oxygen atoms in total. The van der Waals surface area contributed by atoms with Crippen molar-refractivity contribution in [1.29, 1.82) is 0 Å². The van der Waals surface area contributed by atoms with Crippen molar-refractivity contribution in [3.63, 3.8) is 0 Å². The highest BCUT2D eigenvalue weighted by molar-refractivity contribution is 7.91. The lowest BCUT2D eigenvalue weighted by atomic mass is 10.1. The van der Waals surface area contributed by atoms with Crippen LogP contribution in [0.1, 0.15) is 0 Å². The fourth-order valence-electron chi connectivity index (χ4n) is 3.98. The molecule has 1 aromatic heterocycles. The number of hydrogen-bond acceptors (Lipinski definition) is 7. The Balaban J connectivity index is 1.75. The fraction of sp³-hybridized carbons (Fsp3) is 0.318. The summed E-state index contributed by atoms with van der Waals surface area (Å²) in [5, 5.41) is 0.765. The van der Waals surface area contributed by atoms with Gasteiger partial charge >= 0.3 is 0 Å². The number of hydrogen-bond donors (Lipinski definition) is 0. The Bertz CT molecular complexity index is 1190. The van der Waals surface area contributed by atoms with Crippen LogP contribution in [0.15, 0.2) is 58.5 Å². The summed E-state index contributed by atoms with van der Waals surface area (Å²) in [6, 6.07) is 12.2. The molecule has 0 N–H and O–H groups in total. The summed E-state index contributed by atoms with van der Waals surface area (Å²) < 4.78 is 38.6. The lowest BCUT2D eigenvalue weighted by Crippen LogP contribution is -2.45. The monoisotopic (exact) mass is 425 g/mol. The second-order valence-corrected chi connectivity index (χ2v) is 9.51. The zero-order valence-electron chi connectivity index (χ0n) is 16.7. The van der Waals surface area contributed by atoms with Gasteiger partial charge in [0.15, 0.2) is 11.5 Å². The molecule has 8 heteroatoms. The Morgan fingerprint density at radius 1 is 0.933 bits per heavy atom. The first-order valence-corrected chi connectivity index (χ1v) is 11.5. The minimum absolute atomic E-state index is 0.224. The zero-order chi connectivity index (χ0) is 20.7. The summed E-state index contributed by atoms with van der Waals surface area (Å²) in [6.45, 7) is 4.16. The highest BCUT2D eigenvalue weighted by Gasteiger charge is 2.29. The Kier molecular flexibility index (Phi) is 4.75. The molecule has 0 atom stereocenters. The Labute approximate surface area is 175 Å². The van der Waals surface area contributed by atoms with Crippen molar-refractivity contribution >= 4 is 26.4 Å². The van der Waals surface area contributed by atoms with Gasteiger partial charge in [0.05, 0.1) is 16.1 Å². The Hall–Kier alpha value is -2.84. The third-order valence-electron chi connectivity index (χ3n) is 5.63. The topological polar surface area (TPSA) is 72.0 Å². The van der Waals surface area contributed by atoms with Crippen LogP contribution in [0.4, 0.5) is 5.69 Å². The SMILES string of the molecule is CN1CCN(c2c(S(=O)(=O)c3ccccc3)cnc3cc4c(cc23)OCCO4)CC1. The van der Waals surface area contributed by atoms with Crippen molar-refractivity contribution in [3.05, 3.63) is 48.7 Å². The van der Waals surface area contributed by atoms with Crippen LogP contribution in [-0.4, -0.2) is 64.7 Å². The molecule has 1 saturated heterocycles. The van der Waals surface area contributed by atoms with Gasteiger partial charge in [-0.3, -0.25) is 4.98 Å². The van der Waals surface area contributed by atoms with Crippen LogP contribution >= 0.6 is 0 Å². The molecule has 0 amide bonds. The normalized spacial score (nSPS) is 17.3. The maximum atomic E-state index is 13.6. The van der Waals surface area contributed by atoms with Gasteiger partial charge in [-0.15, -0.1) is 0 Å². The molecule has 5 rings (SSSR count). The van der Waals surface area contributed by atoms with Crippen molar-refractivity contribution < 1.29 is 17.9 Å². The molecule has 0 bridgehead atoms. The predicted octanol–water partition coefficient (Wildman–Crippen LogP) is 2.59. The average molecular weight is 426 g/mol. The van der Waals surface area contributed by atoms with E-state index >= 15 is 0 Å². The highest BCUT2D eigenvalue weighted by Crippen LogP contribution is 2.41. The van der Waals surface area contributed by atoms with Gasteiger partial charge in [0, 0.05) is 43.8 Å². The summed E-state index contributed by atoms with van der Waals surface area (Å²) in [5.41, 5.74) is 1.38. The molecule has 2 aromatic carbocycles. The van der Waals surface area contributed by atoms with Crippen LogP contribution in [0.5, 0.6) is 11.5 Å². The van der Waals surface area contributed by atoms with Gasteiger partial charge in [-0.2, -0.15) is 0 Å². The molecule has 2 aliphatic rings. The minimum atomic E-state index is -3.74. The number of likely N-dealkylation sites (N-methyl/N-ethyl adjacent to an activating group) is 1. The third-order valence-corrected chi connectivity index (χ3v) is 7.40. The first kappa shape index (κ1) is 19.1. The molecule has 1 fully saturated rings. The van der Waals surface area contributed by atoms with Crippen LogP contribution in [0.2, 0.25) is 0 Å². The summed E-state index contributed by atoms with van der Waals surface area (Å²) in [5.74, 6) is 1.27. The molecule has 3 heterocycles. The summed E-state index contributed by atoms with van der Waals surface area (Å²) >= 11 is 0. The molecule has 2 aliphatic heterocycles. The number of nitrogens with zero attached hydrogens (tertiary/aromatic N) is 3. The molecule has 0 spiro atoms. The van der Waals surface area contributed by atoms with Crippen molar-refractivity contribution in [2.24, 2.45) is 0 Å². The number of piperazine rings is 1. The van der Waals surface area contributed by atoms with Crippen LogP contribution in [-0.2, 0) is 9.84 Å². The molecule has 0 radical (unpaired) electrons. The summed E-state index contributed by atoms with van der Waals surface area (Å²) in [6.07, 6.45) is 1.48. The van der Waals surface area contributed by atoms with Gasteiger partial charge in [-0.25, -0.2) is 8.42 Å². The first-order valence-electron chi connectivity index (χ1n) is 10.00. The Morgan fingerprint density at radius 3 is 2.30 bits per heavy atom. The van der Waals surface area contributed by atoms with E-state index in [2.05, 4.69) is 21.8 Å². The van der Waals surface area contributed by atoms with Crippen molar-refractivity contribution in [2.75, 3.05) is 51.3 Å². The molecular weight excluding hydrogens is 402 g/mol. The van der Waals surface area contributed by atoms with Crippen LogP contribution < -0.4 is 14.4 Å². The number of ether oxygens (including phenoxy) is 2. The van der Waals surface area contributed by atoms with E-state index in [1.165, 1.54) is 6.20 Å². The lowest BCUT2D eigenvalue weighted by molar-refractivity contribution is 0.172. The van der Waals surface area contributed by atoms with E-state index < -0.39 is 9.84 Å². The summed E-state index contributed by atoms with van der Waals surface area (Å²) in [4.78, 5) is 9.38. The van der Waals surface area contributed by atoms with E-state index in [4.69, 9.17) is 9.47 Å². The van der Waals surface area contributed by atoms with Crippen LogP contribution in [0.25, 0.3) is 10.9 Å². The second-order valence-electron chi connectivity index (χ2n) is 7.59. The van der Waals surface area contributed by atoms with Crippen molar-refractivity contribution in [3.8, 4) is 11.5 Å². The van der Waals surface area contributed by atoms with Crippen molar-refractivity contribution in [2.45, 2.75) is 9.79 Å². The number of benzene rings is 2. The first-order chi connectivity index (χ1) is 14.5. The van der Waals surface area contributed by atoms with E-state index in [1.807, 2.05) is 18.2 Å². The standard InChI is InChI=1S/C22H23N3O4S/c1-24-7-9-25(10-8-24)22-17-13-19-20(29-12-11-28-19)14-18(17)23-15-21(22)30(26,27)16-5-3-2-4-6-16/h2-6,13-15H,7-12H2,1H3. The average Bonchev–Trinajstić information content (AvgIpc) is 2.78. The maximum absolute atomic E-state index is 13.6. The number of rotatable bonds is 3. The van der Waals surface area contributed by atoms with Gasteiger partial charge < -0.3 is 19.3 Å². The molecule has 3 aromatic rings. The van der Waals surface area contributed by atoms with Gasteiger partial charge in [0.1, 0.15) is 18.1 Å². The number of pyridine rings is 1. The number of fused-ring (bicyclic) bond motifs is 2. The lowest BCUT2D eigenvalue weighted by Gasteiger charge is -2.35. The fourth-order valence-corrected chi connectivity index (χ4v) is 5.43. The van der Waals surface area contributed by atoms with E-state index in [0.717, 1.165) is 31.6 Å². The van der Waals surface area contributed by atoms with Gasteiger partial charge in [0.25, 0.3) is 0 Å². The van der Waals surface area contributed by atoms with Crippen LogP contribution in [0, 0.1) is 0 Å². The third kappa shape index (κ3) is 3.26. The molecule has 0 aliphatic carbocycles. The van der Waals surface area contributed by atoms with Crippen LogP contribution in [0.3, 0.4) is 0 Å². The largest absolute Gasteiger partial charge is 0.486 e. The maximum Gasteiger partial charge on any atom is 0.210 e. The van der Waals surface area contributed by atoms with E-state index in [9.17, 15) is 8.42 Å². The molecule has 30 heavy (non-hydrogen) atoms. The van der Waals surface area contributed by atoms with E-state index in [-0.39, 0.29) is 9.79 Å². The molecule has 0 saturated carbocycles.